The zero-order valence-corrected chi connectivity index (χ0v) is 11.3. The van der Waals surface area contributed by atoms with Crippen molar-refractivity contribution in [2.45, 2.75) is 31.7 Å². The molecule has 0 radical (unpaired) electrons. The smallest absolute Gasteiger partial charge is 0.0927 e. The number of rotatable bonds is 3. The molecule has 3 rings (SSSR count). The predicted molar refractivity (Wildman–Crippen MR) is 77.3 cm³/mol. The topological polar surface area (TPSA) is 55.9 Å². The lowest BCUT2D eigenvalue weighted by Gasteiger charge is -2.21. The van der Waals surface area contributed by atoms with Gasteiger partial charge in [-0.15, -0.1) is 0 Å². The van der Waals surface area contributed by atoms with Crippen LogP contribution in [-0.2, 0) is 7.05 Å². The van der Waals surface area contributed by atoms with Crippen LogP contribution in [0.3, 0.4) is 0 Å². The SMILES string of the molecule is Cn1nc(C(NN)C2=CCCCC2)c2ccccc21. The Kier molecular flexibility index (Phi) is 3.36. The molecule has 1 aromatic heterocycles. The minimum absolute atomic E-state index is 0.0337. The number of nitrogens with two attached hydrogens (primary N) is 1. The largest absolute Gasteiger partial charge is 0.271 e. The first-order valence-corrected chi connectivity index (χ1v) is 6.88. The monoisotopic (exact) mass is 256 g/mol. The summed E-state index contributed by atoms with van der Waals surface area (Å²) >= 11 is 0. The molecule has 0 bridgehead atoms. The molecule has 3 N–H and O–H groups in total. The number of nitrogens with one attached hydrogen (secondary N) is 1. The fraction of sp³-hybridized carbons (Fsp3) is 0.400. The van der Waals surface area contributed by atoms with Gasteiger partial charge in [0, 0.05) is 12.4 Å². The van der Waals surface area contributed by atoms with E-state index in [1.807, 2.05) is 17.8 Å². The first kappa shape index (κ1) is 12.4. The van der Waals surface area contributed by atoms with E-state index >= 15 is 0 Å². The molecule has 0 spiro atoms. The fourth-order valence-corrected chi connectivity index (χ4v) is 2.94. The van der Waals surface area contributed by atoms with E-state index in [4.69, 9.17) is 5.84 Å². The van der Waals surface area contributed by atoms with Crippen LogP contribution in [0.4, 0.5) is 0 Å². The number of aryl methyl sites for hydroxylation is 1. The molecule has 1 atom stereocenters. The second-order valence-corrected chi connectivity index (χ2v) is 5.15. The van der Waals surface area contributed by atoms with Crippen LogP contribution in [0.2, 0.25) is 0 Å². The zero-order chi connectivity index (χ0) is 13.2. The third-order valence-corrected chi connectivity index (χ3v) is 3.92. The predicted octanol–water partition coefficient (Wildman–Crippen LogP) is 2.58. The van der Waals surface area contributed by atoms with Crippen LogP contribution in [0.1, 0.15) is 37.4 Å². The molecule has 2 aromatic rings. The first-order valence-electron chi connectivity index (χ1n) is 6.88. The first-order chi connectivity index (χ1) is 9.31. The molecule has 1 heterocycles. The van der Waals surface area contributed by atoms with E-state index in [1.54, 1.807) is 0 Å². The van der Waals surface area contributed by atoms with Gasteiger partial charge in [-0.05, 0) is 37.3 Å². The van der Waals surface area contributed by atoms with E-state index in [9.17, 15) is 0 Å². The van der Waals surface area contributed by atoms with Crippen LogP contribution in [0.5, 0.6) is 0 Å². The van der Waals surface area contributed by atoms with E-state index in [0.29, 0.717) is 0 Å². The van der Waals surface area contributed by atoms with Crippen LogP contribution in [0.25, 0.3) is 10.9 Å². The zero-order valence-electron chi connectivity index (χ0n) is 11.3. The van der Waals surface area contributed by atoms with E-state index in [0.717, 1.165) is 24.1 Å². The second-order valence-electron chi connectivity index (χ2n) is 5.15. The van der Waals surface area contributed by atoms with Crippen LogP contribution in [0, 0.1) is 0 Å². The summed E-state index contributed by atoms with van der Waals surface area (Å²) in [5, 5.41) is 5.85. The summed E-state index contributed by atoms with van der Waals surface area (Å²) in [5.41, 5.74) is 6.51. The standard InChI is InChI=1S/C15H20N4/c1-19-13-10-6-5-9-12(13)15(18-19)14(17-16)11-7-3-2-4-8-11/h5-7,9-10,14,17H,2-4,8,16H2,1H3. The van der Waals surface area contributed by atoms with Gasteiger partial charge in [0.15, 0.2) is 0 Å². The third kappa shape index (κ3) is 2.17. The maximum atomic E-state index is 5.80. The number of allylic oxidation sites excluding steroid dienone is 1. The van der Waals surface area contributed by atoms with Gasteiger partial charge in [-0.2, -0.15) is 5.10 Å². The Bertz CT molecular complexity index is 612. The van der Waals surface area contributed by atoms with Crippen molar-refractivity contribution >= 4 is 10.9 Å². The number of fused-ring (bicyclic) bond motifs is 1. The number of hydrazine groups is 1. The summed E-state index contributed by atoms with van der Waals surface area (Å²) in [7, 11) is 1.98. The lowest BCUT2D eigenvalue weighted by Crippen LogP contribution is -2.30. The second kappa shape index (κ2) is 5.15. The minimum Gasteiger partial charge on any atom is -0.271 e. The molecule has 1 aliphatic rings. The Morgan fingerprint density at radius 1 is 1.32 bits per heavy atom. The maximum absolute atomic E-state index is 5.80. The summed E-state index contributed by atoms with van der Waals surface area (Å²) in [4.78, 5) is 0. The third-order valence-electron chi connectivity index (χ3n) is 3.92. The maximum Gasteiger partial charge on any atom is 0.0927 e. The van der Waals surface area contributed by atoms with Crippen LogP contribution in [-0.4, -0.2) is 9.78 Å². The van der Waals surface area contributed by atoms with Crippen molar-refractivity contribution < 1.29 is 0 Å². The summed E-state index contributed by atoms with van der Waals surface area (Å²) in [6.45, 7) is 0. The van der Waals surface area contributed by atoms with Crippen LogP contribution < -0.4 is 11.3 Å². The van der Waals surface area contributed by atoms with Gasteiger partial charge in [0.05, 0.1) is 17.3 Å². The quantitative estimate of drug-likeness (QED) is 0.504. The van der Waals surface area contributed by atoms with Gasteiger partial charge in [-0.1, -0.05) is 24.3 Å². The Balaban J connectivity index is 2.08. The molecule has 100 valence electrons. The van der Waals surface area contributed by atoms with Crippen molar-refractivity contribution in [3.63, 3.8) is 0 Å². The van der Waals surface area contributed by atoms with Gasteiger partial charge in [-0.3, -0.25) is 10.5 Å². The Hall–Kier alpha value is -1.65. The molecule has 4 heteroatoms. The molecule has 0 aliphatic heterocycles. The average molecular weight is 256 g/mol. The highest BCUT2D eigenvalue weighted by Crippen LogP contribution is 2.32. The van der Waals surface area contributed by atoms with Gasteiger partial charge < -0.3 is 0 Å². The van der Waals surface area contributed by atoms with Crippen molar-refractivity contribution in [1.82, 2.24) is 15.2 Å². The number of hydrogen-bond donors (Lipinski definition) is 2. The summed E-state index contributed by atoms with van der Waals surface area (Å²) in [6.07, 6.45) is 7.11. The van der Waals surface area contributed by atoms with E-state index < -0.39 is 0 Å². The van der Waals surface area contributed by atoms with Crippen molar-refractivity contribution in [3.8, 4) is 0 Å². The molecule has 4 nitrogen and oxygen atoms in total. The van der Waals surface area contributed by atoms with Gasteiger partial charge in [0.2, 0.25) is 0 Å². The average Bonchev–Trinajstić information content (AvgIpc) is 2.79. The van der Waals surface area contributed by atoms with Crippen molar-refractivity contribution in [2.75, 3.05) is 0 Å². The number of aromatic nitrogens is 2. The number of hydrogen-bond acceptors (Lipinski definition) is 3. The molecule has 0 amide bonds. The Labute approximate surface area is 113 Å². The van der Waals surface area contributed by atoms with E-state index in [2.05, 4.69) is 34.8 Å². The molecule has 0 fully saturated rings. The summed E-state index contributed by atoms with van der Waals surface area (Å²) < 4.78 is 1.93. The fourth-order valence-electron chi connectivity index (χ4n) is 2.94. The molecule has 1 aliphatic carbocycles. The Morgan fingerprint density at radius 3 is 2.89 bits per heavy atom. The van der Waals surface area contributed by atoms with Crippen LogP contribution >= 0.6 is 0 Å². The van der Waals surface area contributed by atoms with Crippen molar-refractivity contribution in [1.29, 1.82) is 0 Å². The highest BCUT2D eigenvalue weighted by molar-refractivity contribution is 5.82. The molecule has 1 unspecified atom stereocenters. The molecule has 0 saturated heterocycles. The Morgan fingerprint density at radius 2 is 2.16 bits per heavy atom. The molecular weight excluding hydrogens is 236 g/mol. The lowest BCUT2D eigenvalue weighted by atomic mass is 9.91. The van der Waals surface area contributed by atoms with Crippen molar-refractivity contribution in [2.24, 2.45) is 12.9 Å². The number of para-hydroxylation sites is 1. The normalized spacial score (nSPS) is 17.5. The van der Waals surface area contributed by atoms with Gasteiger partial charge in [0.25, 0.3) is 0 Å². The molecule has 0 saturated carbocycles. The van der Waals surface area contributed by atoms with Gasteiger partial charge in [0.1, 0.15) is 0 Å². The molecule has 19 heavy (non-hydrogen) atoms. The van der Waals surface area contributed by atoms with E-state index in [1.165, 1.54) is 23.8 Å². The van der Waals surface area contributed by atoms with E-state index in [-0.39, 0.29) is 6.04 Å². The minimum atomic E-state index is 0.0337. The highest BCUT2D eigenvalue weighted by Gasteiger charge is 2.22. The van der Waals surface area contributed by atoms with Crippen LogP contribution in [0.15, 0.2) is 35.9 Å². The van der Waals surface area contributed by atoms with Gasteiger partial charge in [-0.25, -0.2) is 5.43 Å². The molecular formula is C15H20N4. The van der Waals surface area contributed by atoms with Gasteiger partial charge >= 0.3 is 0 Å². The molecule has 1 aromatic carbocycles. The summed E-state index contributed by atoms with van der Waals surface area (Å²) in [5.74, 6) is 5.80. The van der Waals surface area contributed by atoms with Crippen molar-refractivity contribution in [3.05, 3.63) is 41.6 Å². The lowest BCUT2D eigenvalue weighted by molar-refractivity contribution is 0.550. The number of nitrogens with zero attached hydrogens (tertiary/aromatic N) is 2. The highest BCUT2D eigenvalue weighted by atomic mass is 15.3. The summed E-state index contributed by atoms with van der Waals surface area (Å²) in [6, 6.07) is 8.33. The number of benzene rings is 1.